The number of hydrogen-bond acceptors (Lipinski definition) is 4. The molecule has 2 aromatic heterocycles. The first kappa shape index (κ1) is 47.3. The van der Waals surface area contributed by atoms with Crippen LogP contribution >= 0.6 is 0 Å². The van der Waals surface area contributed by atoms with Gasteiger partial charge in [0, 0.05) is 72.3 Å². The van der Waals surface area contributed by atoms with Crippen LogP contribution in [0.4, 0.5) is 22.7 Å². The molecule has 73 heavy (non-hydrogen) atoms. The van der Waals surface area contributed by atoms with Gasteiger partial charge < -0.3 is 19.1 Å². The van der Waals surface area contributed by atoms with Crippen molar-refractivity contribution in [3.05, 3.63) is 260 Å². The van der Waals surface area contributed by atoms with E-state index in [-0.39, 0.29) is 31.9 Å². The van der Waals surface area contributed by atoms with Crippen LogP contribution < -0.4 is 14.5 Å². The molecule has 0 unspecified atom stereocenters. The molecule has 1 aliphatic rings. The maximum Gasteiger partial charge on any atom is 0.135 e. The molecule has 9 aromatic carbocycles. The van der Waals surface area contributed by atoms with Gasteiger partial charge in [0.25, 0.3) is 0 Å². The number of nitrogens with zero attached hydrogens (tertiary/aromatic N) is 4. The van der Waals surface area contributed by atoms with E-state index in [1.807, 2.05) is 24.4 Å². The zero-order valence-electron chi connectivity index (χ0n) is 41.5. The van der Waals surface area contributed by atoms with Crippen LogP contribution in [-0.2, 0) is 31.9 Å². The van der Waals surface area contributed by atoms with Crippen molar-refractivity contribution < 1.29 is 25.8 Å². The zero-order chi connectivity index (χ0) is 49.0. The fourth-order valence-corrected chi connectivity index (χ4v) is 10.2. The Morgan fingerprint density at radius 1 is 0.479 bits per heavy atom. The first-order valence-corrected chi connectivity index (χ1v) is 24.7. The molecule has 0 bridgehead atoms. The van der Waals surface area contributed by atoms with Gasteiger partial charge in [0.05, 0.1) is 0 Å². The first-order chi connectivity index (χ1) is 35.1. The maximum absolute atomic E-state index is 6.81. The monoisotopic (exact) mass is 1120 g/mol. The van der Waals surface area contributed by atoms with Crippen LogP contribution in [0.2, 0.25) is 0 Å². The SMILES string of the molecule is CC(C)(C)c1cc(-c2ccccc2)cc(N2[CH-]N(c3[c-]c(Oc4[c-]c5c(cc4)c4cc(-c6ccccc6)ccc4n5-c4cc(C(C)(C)c5ccccc5)ccn4)ccc3)c3cccc(-c4ccccc4)c32)c1.[Pt]. The van der Waals surface area contributed by atoms with Crippen molar-refractivity contribution in [1.29, 1.82) is 0 Å². The third-order valence-electron chi connectivity index (χ3n) is 14.2. The summed E-state index contributed by atoms with van der Waals surface area (Å²) in [6.45, 7) is 13.6. The number of ether oxygens (including phenoxy) is 1. The van der Waals surface area contributed by atoms with Crippen molar-refractivity contribution in [2.24, 2.45) is 0 Å². The molecule has 0 atom stereocenters. The normalized spacial score (nSPS) is 12.5. The van der Waals surface area contributed by atoms with E-state index in [0.717, 1.165) is 72.6 Å². The van der Waals surface area contributed by atoms with Crippen molar-refractivity contribution >= 4 is 44.6 Å². The first-order valence-electron chi connectivity index (χ1n) is 24.7. The van der Waals surface area contributed by atoms with Crippen molar-refractivity contribution in [2.45, 2.75) is 45.4 Å². The van der Waals surface area contributed by atoms with Crippen molar-refractivity contribution in [3.63, 3.8) is 0 Å². The number of para-hydroxylation sites is 1. The standard InChI is InChI=1S/C67H53N4O.Pt/c1-66(2,3)53-38-50(47-22-12-7-13-23-47)39-55(41-53)70-45-69(62-31-19-30-58(65(62)70)48-24-14-8-15-25-48)54-28-18-29-56(43-54)72-57-33-34-59-60-40-49(46-20-10-6-11-21-46)32-35-61(60)71(63(59)44-57)64-42-52(36-37-68-64)67(4,5)51-26-16-9-17-27-51;/h6-42,45H,1-5H3;/q-3;. The number of fused-ring (bicyclic) bond motifs is 4. The number of benzene rings is 9. The van der Waals surface area contributed by atoms with Gasteiger partial charge in [-0.2, -0.15) is 12.1 Å². The second-order valence-electron chi connectivity index (χ2n) is 20.2. The topological polar surface area (TPSA) is 33.5 Å². The molecule has 12 rings (SSSR count). The van der Waals surface area contributed by atoms with E-state index in [2.05, 4.69) is 268 Å². The van der Waals surface area contributed by atoms with E-state index in [0.29, 0.717) is 11.5 Å². The molecule has 0 radical (unpaired) electrons. The number of aromatic nitrogens is 2. The molecule has 0 aliphatic carbocycles. The van der Waals surface area contributed by atoms with Crippen LogP contribution in [0, 0.1) is 18.8 Å². The third-order valence-corrected chi connectivity index (χ3v) is 14.2. The van der Waals surface area contributed by atoms with Crippen LogP contribution in [0.25, 0.3) is 61.0 Å². The molecule has 0 N–H and O–H groups in total. The second-order valence-corrected chi connectivity index (χ2v) is 20.2. The molecule has 0 spiro atoms. The van der Waals surface area contributed by atoms with E-state index in [9.17, 15) is 0 Å². The Balaban J connectivity index is 0.00000574. The summed E-state index contributed by atoms with van der Waals surface area (Å²) in [6, 6.07) is 84.8. The summed E-state index contributed by atoms with van der Waals surface area (Å²) in [5.41, 5.74) is 16.3. The quantitative estimate of drug-likeness (QED) is 0.128. The molecule has 5 nitrogen and oxygen atoms in total. The van der Waals surface area contributed by atoms with Crippen LogP contribution in [0.3, 0.4) is 0 Å². The van der Waals surface area contributed by atoms with Crippen LogP contribution in [-0.4, -0.2) is 9.55 Å². The Labute approximate surface area is 443 Å². The van der Waals surface area contributed by atoms with Crippen LogP contribution in [0.1, 0.15) is 51.3 Å². The minimum absolute atomic E-state index is 0. The van der Waals surface area contributed by atoms with Crippen molar-refractivity contribution in [1.82, 2.24) is 9.55 Å². The molecule has 0 saturated heterocycles. The minimum atomic E-state index is -0.258. The predicted molar refractivity (Wildman–Crippen MR) is 298 cm³/mol. The number of pyridine rings is 1. The van der Waals surface area contributed by atoms with E-state index in [1.165, 1.54) is 27.8 Å². The number of hydrogen-bond donors (Lipinski definition) is 0. The summed E-state index contributed by atoms with van der Waals surface area (Å²) in [6.07, 6.45) is 1.92. The summed E-state index contributed by atoms with van der Waals surface area (Å²) in [5.74, 6) is 1.98. The Kier molecular flexibility index (Phi) is 12.5. The fourth-order valence-electron chi connectivity index (χ4n) is 10.2. The van der Waals surface area contributed by atoms with Gasteiger partial charge in [-0.1, -0.05) is 192 Å². The maximum atomic E-state index is 6.81. The molecule has 0 saturated carbocycles. The van der Waals surface area contributed by atoms with Gasteiger partial charge in [-0.3, -0.25) is 0 Å². The molecule has 6 heteroatoms. The molecule has 360 valence electrons. The van der Waals surface area contributed by atoms with Gasteiger partial charge >= 0.3 is 0 Å². The summed E-state index contributed by atoms with van der Waals surface area (Å²) in [4.78, 5) is 9.60. The molecule has 3 heterocycles. The summed E-state index contributed by atoms with van der Waals surface area (Å²) >= 11 is 0. The van der Waals surface area contributed by atoms with E-state index in [1.54, 1.807) is 0 Å². The predicted octanol–water partition coefficient (Wildman–Crippen LogP) is 17.6. The van der Waals surface area contributed by atoms with Gasteiger partial charge in [-0.25, -0.2) is 4.98 Å². The van der Waals surface area contributed by atoms with Crippen LogP contribution in [0.5, 0.6) is 11.5 Å². The van der Waals surface area contributed by atoms with Crippen LogP contribution in [0.15, 0.2) is 225 Å². The minimum Gasteiger partial charge on any atom is -0.509 e. The molecular formula is C67H53N4OPt-3. The second kappa shape index (κ2) is 19.2. The van der Waals surface area contributed by atoms with Gasteiger partial charge in [0.2, 0.25) is 0 Å². The summed E-state index contributed by atoms with van der Waals surface area (Å²) in [7, 11) is 0. The van der Waals surface area contributed by atoms with E-state index in [4.69, 9.17) is 9.72 Å². The van der Waals surface area contributed by atoms with Crippen molar-refractivity contribution in [3.8, 4) is 50.7 Å². The average molecular weight is 1130 g/mol. The molecular weight excluding hydrogens is 1070 g/mol. The Bertz CT molecular complexity index is 3770. The Morgan fingerprint density at radius 3 is 1.85 bits per heavy atom. The van der Waals surface area contributed by atoms with E-state index >= 15 is 0 Å². The molecule has 1 aliphatic heterocycles. The molecule has 0 fully saturated rings. The van der Waals surface area contributed by atoms with Gasteiger partial charge in [-0.15, -0.1) is 48.1 Å². The molecule has 0 amide bonds. The average Bonchev–Trinajstić information content (AvgIpc) is 3.98. The van der Waals surface area contributed by atoms with Crippen molar-refractivity contribution in [2.75, 3.05) is 9.80 Å². The largest absolute Gasteiger partial charge is 0.509 e. The zero-order valence-corrected chi connectivity index (χ0v) is 43.7. The number of anilines is 4. The Hall–Kier alpha value is -7.98. The summed E-state index contributed by atoms with van der Waals surface area (Å²) < 4.78 is 9.04. The molecule has 11 aromatic rings. The van der Waals surface area contributed by atoms with Gasteiger partial charge in [0.15, 0.2) is 0 Å². The van der Waals surface area contributed by atoms with E-state index < -0.39 is 0 Å². The fraction of sp³-hybridized carbons (Fsp3) is 0.104. The van der Waals surface area contributed by atoms with Gasteiger partial charge in [0.1, 0.15) is 5.82 Å². The smallest absolute Gasteiger partial charge is 0.135 e. The summed E-state index contributed by atoms with van der Waals surface area (Å²) in [5, 5.41) is 2.18. The third kappa shape index (κ3) is 8.93. The number of rotatable bonds is 10. The Morgan fingerprint density at radius 2 is 1.14 bits per heavy atom. The van der Waals surface area contributed by atoms with Gasteiger partial charge in [-0.05, 0) is 91.7 Å².